The molecule has 0 aromatic rings. The second kappa shape index (κ2) is 4.72. The predicted octanol–water partition coefficient (Wildman–Crippen LogP) is 1.01. The first-order valence-corrected chi connectivity index (χ1v) is 5.89. The van der Waals surface area contributed by atoms with Crippen molar-refractivity contribution in [2.75, 3.05) is 26.3 Å². The lowest BCUT2D eigenvalue weighted by Gasteiger charge is -2.50. The highest BCUT2D eigenvalue weighted by Gasteiger charge is 2.42. The van der Waals surface area contributed by atoms with E-state index in [1.54, 1.807) is 6.92 Å². The molecule has 0 radical (unpaired) electrons. The van der Waals surface area contributed by atoms with Gasteiger partial charge in [-0.3, -0.25) is 9.69 Å². The van der Waals surface area contributed by atoms with E-state index in [1.165, 1.54) is 0 Å². The van der Waals surface area contributed by atoms with Crippen LogP contribution in [0.5, 0.6) is 0 Å². The van der Waals surface area contributed by atoms with E-state index in [0.29, 0.717) is 0 Å². The molecule has 0 saturated carbocycles. The number of morpholine rings is 1. The largest absolute Gasteiger partial charge is 0.379 e. The first kappa shape index (κ1) is 13.5. The number of ether oxygens (including phenoxy) is 1. The molecule has 0 spiro atoms. The summed E-state index contributed by atoms with van der Waals surface area (Å²) in [6.07, 6.45) is 0. The summed E-state index contributed by atoms with van der Waals surface area (Å²) in [5.41, 5.74) is -0.335. The van der Waals surface area contributed by atoms with Crippen molar-refractivity contribution in [2.24, 2.45) is 0 Å². The Bertz CT molecular complexity index is 256. The van der Waals surface area contributed by atoms with Gasteiger partial charge in [-0.15, -0.1) is 0 Å². The lowest BCUT2D eigenvalue weighted by atomic mass is 9.80. The number of nitrogens with zero attached hydrogens (tertiary/aromatic N) is 1. The standard InChI is InChI=1S/C12H24N2O2/c1-10(15)13-11(2,3)12(4,5)14-6-8-16-9-7-14/h6-9H2,1-5H3,(H,13,15). The molecule has 0 aromatic carbocycles. The van der Waals surface area contributed by atoms with Crippen molar-refractivity contribution in [1.29, 1.82) is 0 Å². The number of amides is 1. The number of carbonyl (C=O) groups is 1. The van der Waals surface area contributed by atoms with Gasteiger partial charge < -0.3 is 10.1 Å². The summed E-state index contributed by atoms with van der Waals surface area (Å²) in [6.45, 7) is 13.5. The minimum absolute atomic E-state index is 0.0198. The van der Waals surface area contributed by atoms with Crippen molar-refractivity contribution in [3.05, 3.63) is 0 Å². The van der Waals surface area contributed by atoms with Crippen LogP contribution < -0.4 is 5.32 Å². The normalized spacial score (nSPS) is 19.6. The lowest BCUT2D eigenvalue weighted by Crippen LogP contribution is -2.66. The van der Waals surface area contributed by atoms with Crippen LogP contribution in [-0.2, 0) is 9.53 Å². The minimum Gasteiger partial charge on any atom is -0.379 e. The highest BCUT2D eigenvalue weighted by Crippen LogP contribution is 2.28. The van der Waals surface area contributed by atoms with Gasteiger partial charge >= 0.3 is 0 Å². The zero-order chi connectivity index (χ0) is 12.4. The molecule has 1 aliphatic heterocycles. The first-order chi connectivity index (χ1) is 7.27. The topological polar surface area (TPSA) is 41.6 Å². The molecule has 1 fully saturated rings. The highest BCUT2D eigenvalue weighted by molar-refractivity contribution is 5.74. The van der Waals surface area contributed by atoms with Crippen molar-refractivity contribution >= 4 is 5.91 Å². The third kappa shape index (κ3) is 2.74. The lowest BCUT2D eigenvalue weighted by molar-refractivity contribution is -0.123. The van der Waals surface area contributed by atoms with Gasteiger partial charge in [0.15, 0.2) is 0 Å². The van der Waals surface area contributed by atoms with Crippen LogP contribution in [0.15, 0.2) is 0 Å². The molecule has 1 amide bonds. The van der Waals surface area contributed by atoms with E-state index < -0.39 is 0 Å². The van der Waals surface area contributed by atoms with Gasteiger partial charge in [0.25, 0.3) is 0 Å². The molecular weight excluding hydrogens is 204 g/mol. The van der Waals surface area contributed by atoms with E-state index in [2.05, 4.69) is 37.9 Å². The average Bonchev–Trinajstić information content (AvgIpc) is 2.17. The fraction of sp³-hybridized carbons (Fsp3) is 0.917. The Morgan fingerprint density at radius 1 is 1.19 bits per heavy atom. The van der Waals surface area contributed by atoms with Crippen molar-refractivity contribution < 1.29 is 9.53 Å². The highest BCUT2D eigenvalue weighted by atomic mass is 16.5. The summed E-state index contributed by atoms with van der Waals surface area (Å²) in [5.74, 6) is 0.0198. The average molecular weight is 228 g/mol. The van der Waals surface area contributed by atoms with E-state index in [9.17, 15) is 4.79 Å². The van der Waals surface area contributed by atoms with Crippen LogP contribution in [0.4, 0.5) is 0 Å². The molecule has 1 N–H and O–H groups in total. The molecule has 0 atom stereocenters. The van der Waals surface area contributed by atoms with Crippen LogP contribution >= 0.6 is 0 Å². The number of hydrogen-bond acceptors (Lipinski definition) is 3. The number of hydrogen-bond donors (Lipinski definition) is 1. The molecule has 4 nitrogen and oxygen atoms in total. The summed E-state index contributed by atoms with van der Waals surface area (Å²) in [7, 11) is 0. The van der Waals surface area contributed by atoms with Crippen molar-refractivity contribution in [3.8, 4) is 0 Å². The van der Waals surface area contributed by atoms with Gasteiger partial charge in [0.2, 0.25) is 5.91 Å². The van der Waals surface area contributed by atoms with Crippen molar-refractivity contribution in [2.45, 2.75) is 45.7 Å². The summed E-state index contributed by atoms with van der Waals surface area (Å²) in [5, 5.41) is 3.04. The van der Waals surface area contributed by atoms with E-state index in [-0.39, 0.29) is 17.0 Å². The van der Waals surface area contributed by atoms with E-state index in [1.807, 2.05) is 0 Å². The van der Waals surface area contributed by atoms with Gasteiger partial charge in [0, 0.05) is 25.6 Å². The quantitative estimate of drug-likeness (QED) is 0.784. The summed E-state index contributed by atoms with van der Waals surface area (Å²) >= 11 is 0. The Kier molecular flexibility index (Phi) is 3.97. The molecule has 0 aromatic heterocycles. The fourth-order valence-electron chi connectivity index (χ4n) is 2.11. The van der Waals surface area contributed by atoms with Crippen LogP contribution in [0.3, 0.4) is 0 Å². The maximum absolute atomic E-state index is 11.2. The Labute approximate surface area is 98.3 Å². The third-order valence-electron chi connectivity index (χ3n) is 3.82. The number of carbonyl (C=O) groups excluding carboxylic acids is 1. The number of rotatable bonds is 3. The van der Waals surface area contributed by atoms with Crippen molar-refractivity contribution in [1.82, 2.24) is 10.2 Å². The maximum atomic E-state index is 11.2. The van der Waals surface area contributed by atoms with E-state index >= 15 is 0 Å². The third-order valence-corrected chi connectivity index (χ3v) is 3.82. The summed E-state index contributed by atoms with van der Waals surface area (Å²) < 4.78 is 5.36. The van der Waals surface area contributed by atoms with Crippen LogP contribution in [0.1, 0.15) is 34.6 Å². The Morgan fingerprint density at radius 3 is 2.12 bits per heavy atom. The van der Waals surface area contributed by atoms with Gasteiger partial charge in [0.1, 0.15) is 0 Å². The molecule has 1 rings (SSSR count). The predicted molar refractivity (Wildman–Crippen MR) is 64.4 cm³/mol. The maximum Gasteiger partial charge on any atom is 0.217 e. The van der Waals surface area contributed by atoms with Crippen molar-refractivity contribution in [3.63, 3.8) is 0 Å². The van der Waals surface area contributed by atoms with Crippen LogP contribution in [0.25, 0.3) is 0 Å². The molecule has 0 aliphatic carbocycles. The molecule has 0 unspecified atom stereocenters. The second-order valence-electron chi connectivity index (χ2n) is 5.46. The number of nitrogens with one attached hydrogen (secondary N) is 1. The van der Waals surface area contributed by atoms with Gasteiger partial charge in [-0.05, 0) is 27.7 Å². The van der Waals surface area contributed by atoms with Crippen LogP contribution in [0, 0.1) is 0 Å². The molecule has 16 heavy (non-hydrogen) atoms. The van der Waals surface area contributed by atoms with Gasteiger partial charge in [0.05, 0.1) is 18.8 Å². The first-order valence-electron chi connectivity index (χ1n) is 5.89. The van der Waals surface area contributed by atoms with E-state index in [4.69, 9.17) is 4.74 Å². The molecular formula is C12H24N2O2. The zero-order valence-corrected chi connectivity index (χ0v) is 11.1. The molecule has 1 heterocycles. The smallest absolute Gasteiger partial charge is 0.217 e. The monoisotopic (exact) mass is 228 g/mol. The van der Waals surface area contributed by atoms with Gasteiger partial charge in [-0.2, -0.15) is 0 Å². The molecule has 1 aliphatic rings. The van der Waals surface area contributed by atoms with Crippen LogP contribution in [0.2, 0.25) is 0 Å². The second-order valence-corrected chi connectivity index (χ2v) is 5.46. The summed E-state index contributed by atoms with van der Waals surface area (Å²) in [6, 6.07) is 0. The molecule has 1 saturated heterocycles. The molecule has 94 valence electrons. The van der Waals surface area contributed by atoms with Gasteiger partial charge in [-0.25, -0.2) is 0 Å². The Hall–Kier alpha value is -0.610. The SMILES string of the molecule is CC(=O)NC(C)(C)C(C)(C)N1CCOCC1. The molecule has 4 heteroatoms. The van der Waals surface area contributed by atoms with Gasteiger partial charge in [-0.1, -0.05) is 0 Å². The van der Waals surface area contributed by atoms with Crippen LogP contribution in [-0.4, -0.2) is 48.2 Å². The Morgan fingerprint density at radius 2 is 1.69 bits per heavy atom. The minimum atomic E-state index is -0.254. The molecule has 0 bridgehead atoms. The van der Waals surface area contributed by atoms with E-state index in [0.717, 1.165) is 26.3 Å². The Balaban J connectivity index is 2.76. The summed E-state index contributed by atoms with van der Waals surface area (Å²) in [4.78, 5) is 13.6. The fourth-order valence-corrected chi connectivity index (χ4v) is 2.11. The zero-order valence-electron chi connectivity index (χ0n) is 11.1.